The van der Waals surface area contributed by atoms with Crippen LogP contribution in [-0.2, 0) is 0 Å². The fourth-order valence-corrected chi connectivity index (χ4v) is 2.26. The third-order valence-corrected chi connectivity index (χ3v) is 3.33. The van der Waals surface area contributed by atoms with Crippen LogP contribution in [0.3, 0.4) is 0 Å². The van der Waals surface area contributed by atoms with Gasteiger partial charge in [0.15, 0.2) is 0 Å². The molecule has 1 unspecified atom stereocenters. The van der Waals surface area contributed by atoms with Gasteiger partial charge in [0.25, 0.3) is 0 Å². The van der Waals surface area contributed by atoms with Crippen molar-refractivity contribution >= 4 is 11.0 Å². The molecule has 106 valence electrons. The van der Waals surface area contributed by atoms with Gasteiger partial charge in [-0.25, -0.2) is 4.39 Å². The molecule has 0 radical (unpaired) electrons. The molecule has 0 amide bonds. The minimum atomic E-state index is -1.11. The van der Waals surface area contributed by atoms with E-state index >= 15 is 0 Å². The van der Waals surface area contributed by atoms with Crippen LogP contribution in [0.5, 0.6) is 5.75 Å². The fourth-order valence-electron chi connectivity index (χ4n) is 2.26. The van der Waals surface area contributed by atoms with Gasteiger partial charge in [-0.3, -0.25) is 9.97 Å². The highest BCUT2D eigenvalue weighted by Crippen LogP contribution is 2.30. The molecule has 0 bridgehead atoms. The first-order valence-electron chi connectivity index (χ1n) is 6.42. The van der Waals surface area contributed by atoms with Crippen molar-refractivity contribution in [3.8, 4) is 5.75 Å². The molecule has 0 aliphatic rings. The minimum absolute atomic E-state index is 0.175. The van der Waals surface area contributed by atoms with Crippen molar-refractivity contribution in [1.82, 2.24) is 9.97 Å². The zero-order chi connectivity index (χ0) is 14.8. The average Bonchev–Trinajstić information content (AvgIpc) is 2.53. The smallest absolute Gasteiger partial charge is 0.133 e. The van der Waals surface area contributed by atoms with E-state index in [0.717, 1.165) is 0 Å². The van der Waals surface area contributed by atoms with Crippen molar-refractivity contribution in [2.24, 2.45) is 0 Å². The van der Waals surface area contributed by atoms with E-state index in [1.165, 1.54) is 19.2 Å². The van der Waals surface area contributed by atoms with Crippen LogP contribution in [0.25, 0.3) is 11.0 Å². The highest BCUT2D eigenvalue weighted by atomic mass is 19.1. The molecule has 3 aromatic rings. The SMILES string of the molecule is COc1ccc(C(O)c2cccc3nccnc23)c(F)c1. The number of rotatable bonds is 3. The maximum absolute atomic E-state index is 14.1. The Morgan fingerprint density at radius 2 is 1.90 bits per heavy atom. The van der Waals surface area contributed by atoms with Crippen LogP contribution in [0.2, 0.25) is 0 Å². The van der Waals surface area contributed by atoms with E-state index in [1.807, 2.05) is 0 Å². The second-order valence-electron chi connectivity index (χ2n) is 4.56. The van der Waals surface area contributed by atoms with Gasteiger partial charge in [0, 0.05) is 29.6 Å². The van der Waals surface area contributed by atoms with Crippen molar-refractivity contribution < 1.29 is 14.2 Å². The number of nitrogens with zero attached hydrogens (tertiary/aromatic N) is 2. The number of aliphatic hydroxyl groups is 1. The van der Waals surface area contributed by atoms with Crippen LogP contribution in [0, 0.1) is 5.82 Å². The van der Waals surface area contributed by atoms with Crippen LogP contribution >= 0.6 is 0 Å². The summed E-state index contributed by atoms with van der Waals surface area (Å²) in [6.07, 6.45) is 2.01. The number of benzene rings is 2. The lowest BCUT2D eigenvalue weighted by atomic mass is 9.99. The van der Waals surface area contributed by atoms with E-state index in [4.69, 9.17) is 4.74 Å². The molecule has 0 fully saturated rings. The van der Waals surface area contributed by atoms with Crippen molar-refractivity contribution in [2.75, 3.05) is 7.11 Å². The number of fused-ring (bicyclic) bond motifs is 1. The second-order valence-corrected chi connectivity index (χ2v) is 4.56. The second kappa shape index (κ2) is 5.46. The van der Waals surface area contributed by atoms with E-state index in [0.29, 0.717) is 22.3 Å². The maximum Gasteiger partial charge on any atom is 0.133 e. The summed E-state index contributed by atoms with van der Waals surface area (Å²) in [7, 11) is 1.46. The number of methoxy groups -OCH3 is 1. The van der Waals surface area contributed by atoms with Crippen LogP contribution in [0.1, 0.15) is 17.2 Å². The Morgan fingerprint density at radius 1 is 1.10 bits per heavy atom. The van der Waals surface area contributed by atoms with E-state index in [9.17, 15) is 9.50 Å². The van der Waals surface area contributed by atoms with Gasteiger partial charge >= 0.3 is 0 Å². The molecule has 0 aliphatic carbocycles. The minimum Gasteiger partial charge on any atom is -0.497 e. The summed E-state index contributed by atoms with van der Waals surface area (Å²) in [5, 5.41) is 10.5. The molecule has 2 aromatic carbocycles. The Bertz CT molecular complexity index is 787. The lowest BCUT2D eigenvalue weighted by Crippen LogP contribution is -2.04. The van der Waals surface area contributed by atoms with Crippen molar-refractivity contribution in [3.05, 3.63) is 65.7 Å². The number of aromatic nitrogens is 2. The van der Waals surface area contributed by atoms with E-state index in [2.05, 4.69) is 9.97 Å². The summed E-state index contributed by atoms with van der Waals surface area (Å²) < 4.78 is 19.1. The Morgan fingerprint density at radius 3 is 2.67 bits per heavy atom. The zero-order valence-corrected chi connectivity index (χ0v) is 11.3. The van der Waals surface area contributed by atoms with Gasteiger partial charge in [-0.2, -0.15) is 0 Å². The largest absolute Gasteiger partial charge is 0.497 e. The summed E-state index contributed by atoms with van der Waals surface area (Å²) in [6.45, 7) is 0. The maximum atomic E-state index is 14.1. The van der Waals surface area contributed by atoms with E-state index < -0.39 is 11.9 Å². The third kappa shape index (κ3) is 2.43. The first-order chi connectivity index (χ1) is 10.2. The summed E-state index contributed by atoms with van der Waals surface area (Å²) in [4.78, 5) is 8.40. The molecule has 1 atom stereocenters. The molecule has 3 rings (SSSR count). The quantitative estimate of drug-likeness (QED) is 0.803. The molecule has 1 heterocycles. The standard InChI is InChI=1S/C16H13FN2O2/c1-21-10-5-6-11(13(17)9-10)16(20)12-3-2-4-14-15(12)19-8-7-18-14/h2-9,16,20H,1H3. The number of ether oxygens (including phenoxy) is 1. The molecule has 5 heteroatoms. The zero-order valence-electron chi connectivity index (χ0n) is 11.3. The molecule has 1 aromatic heterocycles. The topological polar surface area (TPSA) is 55.2 Å². The van der Waals surface area contributed by atoms with Gasteiger partial charge in [0.05, 0.1) is 18.1 Å². The monoisotopic (exact) mass is 284 g/mol. The molecular formula is C16H13FN2O2. The number of para-hydroxylation sites is 1. The van der Waals surface area contributed by atoms with Crippen molar-refractivity contribution in [2.45, 2.75) is 6.10 Å². The van der Waals surface area contributed by atoms with Gasteiger partial charge in [-0.1, -0.05) is 12.1 Å². The lowest BCUT2D eigenvalue weighted by molar-refractivity contribution is 0.216. The molecule has 0 aliphatic heterocycles. The number of halogens is 1. The Hall–Kier alpha value is -2.53. The van der Waals surface area contributed by atoms with Crippen LogP contribution < -0.4 is 4.74 Å². The highest BCUT2D eigenvalue weighted by Gasteiger charge is 2.18. The first kappa shape index (κ1) is 13.5. The molecule has 1 N–H and O–H groups in total. The van der Waals surface area contributed by atoms with Gasteiger partial charge in [0.2, 0.25) is 0 Å². The Balaban J connectivity index is 2.10. The molecule has 0 saturated heterocycles. The van der Waals surface area contributed by atoms with Crippen molar-refractivity contribution in [1.29, 1.82) is 0 Å². The summed E-state index contributed by atoms with van der Waals surface area (Å²) >= 11 is 0. The number of hydrogen-bond donors (Lipinski definition) is 1. The predicted octanol–water partition coefficient (Wildman–Crippen LogP) is 2.86. The predicted molar refractivity (Wildman–Crippen MR) is 76.6 cm³/mol. The first-order valence-corrected chi connectivity index (χ1v) is 6.42. The molecule has 21 heavy (non-hydrogen) atoms. The highest BCUT2D eigenvalue weighted by molar-refractivity contribution is 5.78. The van der Waals surface area contributed by atoms with Gasteiger partial charge in [-0.15, -0.1) is 0 Å². The van der Waals surface area contributed by atoms with Crippen LogP contribution in [-0.4, -0.2) is 22.2 Å². The van der Waals surface area contributed by atoms with Gasteiger partial charge in [-0.05, 0) is 18.2 Å². The van der Waals surface area contributed by atoms with E-state index in [1.54, 1.807) is 36.7 Å². The summed E-state index contributed by atoms with van der Waals surface area (Å²) in [5.41, 5.74) is 1.91. The van der Waals surface area contributed by atoms with Crippen LogP contribution in [0.15, 0.2) is 48.8 Å². The fraction of sp³-hybridized carbons (Fsp3) is 0.125. The molecule has 0 spiro atoms. The number of aliphatic hydroxyl groups excluding tert-OH is 1. The summed E-state index contributed by atoms with van der Waals surface area (Å²) in [6, 6.07) is 9.63. The normalized spacial score (nSPS) is 12.3. The van der Waals surface area contributed by atoms with Gasteiger partial charge in [0.1, 0.15) is 17.7 Å². The number of hydrogen-bond acceptors (Lipinski definition) is 4. The molecular weight excluding hydrogens is 271 g/mol. The lowest BCUT2D eigenvalue weighted by Gasteiger charge is -2.14. The Labute approximate surface area is 120 Å². The Kier molecular flexibility index (Phi) is 3.50. The van der Waals surface area contributed by atoms with Crippen molar-refractivity contribution in [3.63, 3.8) is 0 Å². The molecule has 0 saturated carbocycles. The van der Waals surface area contributed by atoms with Gasteiger partial charge < -0.3 is 9.84 Å². The van der Waals surface area contributed by atoms with Crippen LogP contribution in [0.4, 0.5) is 4.39 Å². The average molecular weight is 284 g/mol. The molecule has 4 nitrogen and oxygen atoms in total. The van der Waals surface area contributed by atoms with E-state index in [-0.39, 0.29) is 5.56 Å². The third-order valence-electron chi connectivity index (χ3n) is 3.33. The summed E-state index contributed by atoms with van der Waals surface area (Å²) in [5.74, 6) is -0.121.